The Morgan fingerprint density at radius 1 is 0.737 bits per heavy atom. The highest BCUT2D eigenvalue weighted by Gasteiger charge is 2.24. The van der Waals surface area contributed by atoms with Crippen molar-refractivity contribution in [2.24, 2.45) is 0 Å². The summed E-state index contributed by atoms with van der Waals surface area (Å²) in [7, 11) is 0. The number of pyridine rings is 1. The highest BCUT2D eigenvalue weighted by atomic mass is 16.2. The normalized spacial score (nSPS) is 16.1. The van der Waals surface area contributed by atoms with E-state index in [0.29, 0.717) is 55.1 Å². The van der Waals surface area contributed by atoms with Gasteiger partial charge in [-0.3, -0.25) is 19.4 Å². The van der Waals surface area contributed by atoms with Crippen molar-refractivity contribution in [2.45, 2.75) is 6.42 Å². The molecule has 0 atom stereocenters. The van der Waals surface area contributed by atoms with E-state index in [0.717, 1.165) is 31.7 Å². The molecule has 2 aliphatic heterocycles. The van der Waals surface area contributed by atoms with Crippen LogP contribution in [-0.2, 0) is 0 Å². The van der Waals surface area contributed by atoms with Crippen LogP contribution in [0.25, 0.3) is 0 Å². The zero-order valence-electron chi connectivity index (χ0n) is 21.3. The Hall–Kier alpha value is -4.24. The van der Waals surface area contributed by atoms with Gasteiger partial charge in [-0.2, -0.15) is 0 Å². The smallest absolute Gasteiger partial charge is 0.257 e. The number of amides is 3. The first-order valence-corrected chi connectivity index (χ1v) is 13.0. The second-order valence-electron chi connectivity index (χ2n) is 9.47. The first-order valence-electron chi connectivity index (χ1n) is 13.0. The van der Waals surface area contributed by atoms with E-state index >= 15 is 0 Å². The number of hydrogen-bond acceptors (Lipinski definition) is 6. The molecule has 3 aromatic rings. The SMILES string of the molecule is O=C(Nc1cc(C(=O)N2CCNCC2)ccc1N1CCCN(C(=O)c2ccccc2)CC1)c1cccnc1. The fraction of sp³-hybridized carbons (Fsp3) is 0.310. The molecule has 0 spiro atoms. The maximum atomic E-state index is 13.2. The maximum Gasteiger partial charge on any atom is 0.257 e. The molecule has 0 saturated carbocycles. The molecule has 2 aliphatic rings. The Morgan fingerprint density at radius 2 is 1.47 bits per heavy atom. The van der Waals surface area contributed by atoms with E-state index in [2.05, 4.69) is 20.5 Å². The zero-order valence-corrected chi connectivity index (χ0v) is 21.3. The molecule has 0 aliphatic carbocycles. The van der Waals surface area contributed by atoms with E-state index in [4.69, 9.17) is 0 Å². The topological polar surface area (TPSA) is 97.9 Å². The van der Waals surface area contributed by atoms with Crippen LogP contribution in [0, 0.1) is 0 Å². The van der Waals surface area contributed by atoms with Gasteiger partial charge in [0.2, 0.25) is 0 Å². The number of nitrogens with one attached hydrogen (secondary N) is 2. The number of carbonyl (C=O) groups is 3. The highest BCUT2D eigenvalue weighted by Crippen LogP contribution is 2.30. The Balaban J connectivity index is 1.39. The Labute approximate surface area is 222 Å². The Bertz CT molecular complexity index is 1280. The van der Waals surface area contributed by atoms with Crippen LogP contribution < -0.4 is 15.5 Å². The van der Waals surface area contributed by atoms with Crippen LogP contribution in [0.4, 0.5) is 11.4 Å². The van der Waals surface area contributed by atoms with Gasteiger partial charge in [0.1, 0.15) is 0 Å². The van der Waals surface area contributed by atoms with Crippen LogP contribution in [0.3, 0.4) is 0 Å². The third-order valence-electron chi connectivity index (χ3n) is 6.96. The van der Waals surface area contributed by atoms with Gasteiger partial charge in [0, 0.05) is 75.9 Å². The van der Waals surface area contributed by atoms with Gasteiger partial charge in [0.25, 0.3) is 17.7 Å². The molecule has 0 radical (unpaired) electrons. The number of hydrogen-bond donors (Lipinski definition) is 2. The van der Waals surface area contributed by atoms with Crippen molar-refractivity contribution in [1.82, 2.24) is 20.1 Å². The quantitative estimate of drug-likeness (QED) is 0.546. The van der Waals surface area contributed by atoms with E-state index in [1.165, 1.54) is 6.20 Å². The fourth-order valence-electron chi connectivity index (χ4n) is 4.91. The molecule has 0 unspecified atom stereocenters. The third kappa shape index (κ3) is 5.84. The van der Waals surface area contributed by atoms with Crippen LogP contribution >= 0.6 is 0 Å². The lowest BCUT2D eigenvalue weighted by atomic mass is 10.1. The lowest BCUT2D eigenvalue weighted by Crippen LogP contribution is -2.46. The summed E-state index contributed by atoms with van der Waals surface area (Å²) >= 11 is 0. The summed E-state index contributed by atoms with van der Waals surface area (Å²) in [5.74, 6) is -0.318. The van der Waals surface area contributed by atoms with Crippen molar-refractivity contribution in [2.75, 3.05) is 62.6 Å². The van der Waals surface area contributed by atoms with Crippen LogP contribution in [0.15, 0.2) is 73.1 Å². The first-order chi connectivity index (χ1) is 18.6. The molecular weight excluding hydrogens is 480 g/mol. The minimum absolute atomic E-state index is 0.0227. The van der Waals surface area contributed by atoms with E-state index in [1.807, 2.05) is 52.3 Å². The van der Waals surface area contributed by atoms with Gasteiger partial charge in [-0.1, -0.05) is 18.2 Å². The predicted octanol–water partition coefficient (Wildman–Crippen LogP) is 2.73. The van der Waals surface area contributed by atoms with Crippen molar-refractivity contribution in [3.8, 4) is 0 Å². The summed E-state index contributed by atoms with van der Waals surface area (Å²) in [4.78, 5) is 49.3. The highest BCUT2D eigenvalue weighted by molar-refractivity contribution is 6.07. The van der Waals surface area contributed by atoms with Crippen molar-refractivity contribution in [1.29, 1.82) is 0 Å². The number of piperazine rings is 1. The molecule has 9 nitrogen and oxygen atoms in total. The predicted molar refractivity (Wildman–Crippen MR) is 147 cm³/mol. The van der Waals surface area contributed by atoms with Crippen molar-refractivity contribution in [3.63, 3.8) is 0 Å². The minimum Gasteiger partial charge on any atom is -0.368 e. The standard InChI is InChI=1S/C29H32N6O3/c36-27(24-8-4-11-31-21-24)32-25-20-23(29(38)35-16-12-30-13-17-35)9-10-26(25)33-14-5-15-34(19-18-33)28(37)22-6-2-1-3-7-22/h1-4,6-11,20-21,30H,5,12-19H2,(H,32,36). The summed E-state index contributed by atoms with van der Waals surface area (Å²) in [5, 5.41) is 6.28. The lowest BCUT2D eigenvalue weighted by molar-refractivity contribution is 0.0734. The molecule has 2 fully saturated rings. The number of anilines is 2. The average Bonchev–Trinajstić information content (AvgIpc) is 3.24. The van der Waals surface area contributed by atoms with Gasteiger partial charge in [-0.25, -0.2) is 0 Å². The second kappa shape index (κ2) is 11.9. The van der Waals surface area contributed by atoms with Gasteiger partial charge in [0.05, 0.1) is 16.9 Å². The van der Waals surface area contributed by atoms with Crippen molar-refractivity contribution >= 4 is 29.1 Å². The van der Waals surface area contributed by atoms with E-state index in [9.17, 15) is 14.4 Å². The van der Waals surface area contributed by atoms with Gasteiger partial charge in [-0.15, -0.1) is 0 Å². The van der Waals surface area contributed by atoms with Gasteiger partial charge in [0.15, 0.2) is 0 Å². The molecule has 1 aromatic heterocycles. The molecule has 2 saturated heterocycles. The molecule has 0 bridgehead atoms. The molecular formula is C29H32N6O3. The molecule has 2 N–H and O–H groups in total. The molecule has 3 heterocycles. The monoisotopic (exact) mass is 512 g/mol. The molecule has 3 amide bonds. The third-order valence-corrected chi connectivity index (χ3v) is 6.96. The minimum atomic E-state index is -0.290. The lowest BCUT2D eigenvalue weighted by Gasteiger charge is -2.29. The summed E-state index contributed by atoms with van der Waals surface area (Å²) in [6.07, 6.45) is 3.93. The summed E-state index contributed by atoms with van der Waals surface area (Å²) in [6.45, 7) is 5.37. The summed E-state index contributed by atoms with van der Waals surface area (Å²) in [5.41, 5.74) is 3.05. The van der Waals surface area contributed by atoms with Gasteiger partial charge in [-0.05, 0) is 48.9 Å². The largest absolute Gasteiger partial charge is 0.368 e. The zero-order chi connectivity index (χ0) is 26.3. The van der Waals surface area contributed by atoms with Crippen LogP contribution in [0.2, 0.25) is 0 Å². The van der Waals surface area contributed by atoms with E-state index in [1.54, 1.807) is 24.4 Å². The second-order valence-corrected chi connectivity index (χ2v) is 9.47. The van der Waals surface area contributed by atoms with Gasteiger partial charge < -0.3 is 25.3 Å². The number of rotatable bonds is 5. The van der Waals surface area contributed by atoms with Crippen molar-refractivity contribution in [3.05, 3.63) is 89.7 Å². The van der Waals surface area contributed by atoms with E-state index < -0.39 is 0 Å². The Kier molecular flexibility index (Phi) is 7.94. The number of benzene rings is 2. The van der Waals surface area contributed by atoms with Gasteiger partial charge >= 0.3 is 0 Å². The number of carbonyl (C=O) groups excluding carboxylic acids is 3. The summed E-state index contributed by atoms with van der Waals surface area (Å²) in [6, 6.07) is 18.3. The van der Waals surface area contributed by atoms with E-state index in [-0.39, 0.29) is 17.7 Å². The molecule has 5 rings (SSSR count). The maximum absolute atomic E-state index is 13.2. The molecule has 38 heavy (non-hydrogen) atoms. The van der Waals surface area contributed by atoms with Crippen LogP contribution in [0.1, 0.15) is 37.5 Å². The average molecular weight is 513 g/mol. The van der Waals surface area contributed by atoms with Crippen LogP contribution in [0.5, 0.6) is 0 Å². The fourth-order valence-corrected chi connectivity index (χ4v) is 4.91. The molecule has 196 valence electrons. The van der Waals surface area contributed by atoms with Crippen molar-refractivity contribution < 1.29 is 14.4 Å². The molecule has 9 heteroatoms. The number of aromatic nitrogens is 1. The first kappa shape index (κ1) is 25.4. The summed E-state index contributed by atoms with van der Waals surface area (Å²) < 4.78 is 0. The van der Waals surface area contributed by atoms with Crippen LogP contribution in [-0.4, -0.2) is 84.9 Å². The Morgan fingerprint density at radius 3 is 2.24 bits per heavy atom. The number of nitrogens with zero attached hydrogens (tertiary/aromatic N) is 4. The molecule has 2 aromatic carbocycles.